The number of hydrogen-bond acceptors (Lipinski definition) is 4. The molecule has 34 heavy (non-hydrogen) atoms. The molecule has 1 aliphatic rings. The molecule has 7 heteroatoms. The number of fused-ring (bicyclic) bond motifs is 3. The SMILES string of the molecule is Cl.N[C@@H](CCCCNC(=O)OCc1ccccc1)C(=O)NC1c2ccccc2-c2ccccc21. The fourth-order valence-corrected chi connectivity index (χ4v) is 4.15. The molecular formula is C27H30ClN3O3. The highest BCUT2D eigenvalue weighted by molar-refractivity contribution is 5.86. The van der Waals surface area contributed by atoms with Crippen LogP contribution in [0.2, 0.25) is 0 Å². The molecule has 6 nitrogen and oxygen atoms in total. The van der Waals surface area contributed by atoms with Crippen molar-refractivity contribution < 1.29 is 14.3 Å². The van der Waals surface area contributed by atoms with Crippen molar-refractivity contribution in [3.05, 3.63) is 95.6 Å². The second-order valence-corrected chi connectivity index (χ2v) is 8.21. The summed E-state index contributed by atoms with van der Waals surface area (Å²) in [5.41, 5.74) is 11.6. The Balaban J connectivity index is 0.00000324. The van der Waals surface area contributed by atoms with Gasteiger partial charge in [-0.25, -0.2) is 4.79 Å². The van der Waals surface area contributed by atoms with Gasteiger partial charge in [-0.3, -0.25) is 4.79 Å². The van der Waals surface area contributed by atoms with E-state index in [0.717, 1.165) is 40.7 Å². The monoisotopic (exact) mass is 479 g/mol. The molecule has 0 radical (unpaired) electrons. The molecular weight excluding hydrogens is 450 g/mol. The number of hydrogen-bond donors (Lipinski definition) is 3. The molecule has 4 N–H and O–H groups in total. The first kappa shape index (κ1) is 25.3. The zero-order chi connectivity index (χ0) is 23.0. The average molecular weight is 480 g/mol. The molecule has 178 valence electrons. The van der Waals surface area contributed by atoms with Crippen molar-refractivity contribution in [2.45, 2.75) is 38.0 Å². The molecule has 1 atom stereocenters. The van der Waals surface area contributed by atoms with Gasteiger partial charge in [0.1, 0.15) is 6.61 Å². The summed E-state index contributed by atoms with van der Waals surface area (Å²) in [6.45, 7) is 0.719. The van der Waals surface area contributed by atoms with Crippen molar-refractivity contribution in [2.24, 2.45) is 5.73 Å². The molecule has 0 bridgehead atoms. The minimum absolute atomic E-state index is 0. The Labute approximate surface area is 206 Å². The third-order valence-corrected chi connectivity index (χ3v) is 5.88. The van der Waals surface area contributed by atoms with E-state index in [1.54, 1.807) is 0 Å². The molecule has 0 unspecified atom stereocenters. The Hall–Kier alpha value is -3.35. The summed E-state index contributed by atoms with van der Waals surface area (Å²) in [7, 11) is 0. The molecule has 0 aromatic heterocycles. The van der Waals surface area contributed by atoms with Crippen LogP contribution >= 0.6 is 12.4 Å². The fraction of sp³-hybridized carbons (Fsp3) is 0.259. The van der Waals surface area contributed by atoms with Crippen LogP contribution in [0.25, 0.3) is 11.1 Å². The smallest absolute Gasteiger partial charge is 0.407 e. The maximum Gasteiger partial charge on any atom is 0.407 e. The lowest BCUT2D eigenvalue weighted by atomic mass is 10.0. The maximum atomic E-state index is 12.8. The van der Waals surface area contributed by atoms with E-state index in [1.165, 1.54) is 0 Å². The van der Waals surface area contributed by atoms with Gasteiger partial charge >= 0.3 is 6.09 Å². The number of nitrogens with one attached hydrogen (secondary N) is 2. The number of benzene rings is 3. The van der Waals surface area contributed by atoms with E-state index in [4.69, 9.17) is 10.5 Å². The van der Waals surface area contributed by atoms with Crippen LogP contribution in [-0.4, -0.2) is 24.6 Å². The van der Waals surface area contributed by atoms with E-state index in [9.17, 15) is 9.59 Å². The molecule has 1 aliphatic carbocycles. The number of unbranched alkanes of at least 4 members (excludes halogenated alkanes) is 1. The summed E-state index contributed by atoms with van der Waals surface area (Å²) in [6.07, 6.45) is 1.55. The number of ether oxygens (including phenoxy) is 1. The van der Waals surface area contributed by atoms with Crippen LogP contribution in [0.1, 0.15) is 42.0 Å². The van der Waals surface area contributed by atoms with Crippen LogP contribution < -0.4 is 16.4 Å². The van der Waals surface area contributed by atoms with Crippen LogP contribution in [-0.2, 0) is 16.1 Å². The molecule has 0 spiro atoms. The first-order valence-electron chi connectivity index (χ1n) is 11.3. The third-order valence-electron chi connectivity index (χ3n) is 5.88. The van der Waals surface area contributed by atoms with Crippen molar-refractivity contribution in [3.8, 4) is 11.1 Å². The van der Waals surface area contributed by atoms with Crippen LogP contribution in [0.15, 0.2) is 78.9 Å². The van der Waals surface area contributed by atoms with E-state index in [0.29, 0.717) is 13.0 Å². The van der Waals surface area contributed by atoms with Crippen molar-refractivity contribution >= 4 is 24.4 Å². The predicted octanol–water partition coefficient (Wildman–Crippen LogP) is 4.72. The van der Waals surface area contributed by atoms with Gasteiger partial charge in [0.2, 0.25) is 5.91 Å². The summed E-state index contributed by atoms with van der Waals surface area (Å²) >= 11 is 0. The lowest BCUT2D eigenvalue weighted by Crippen LogP contribution is -2.42. The van der Waals surface area contributed by atoms with Crippen LogP contribution in [0, 0.1) is 0 Å². The fourth-order valence-electron chi connectivity index (χ4n) is 4.15. The van der Waals surface area contributed by atoms with E-state index in [2.05, 4.69) is 22.8 Å². The Morgan fingerprint density at radius 2 is 1.44 bits per heavy atom. The highest BCUT2D eigenvalue weighted by Gasteiger charge is 2.30. The number of rotatable bonds is 9. The number of nitrogens with two attached hydrogens (primary N) is 1. The molecule has 3 aromatic carbocycles. The van der Waals surface area contributed by atoms with Crippen molar-refractivity contribution in [1.82, 2.24) is 10.6 Å². The molecule has 0 saturated heterocycles. The first-order valence-corrected chi connectivity index (χ1v) is 11.3. The molecule has 0 heterocycles. The summed E-state index contributed by atoms with van der Waals surface area (Å²) in [5, 5.41) is 5.86. The number of amides is 2. The molecule has 4 rings (SSSR count). The van der Waals surface area contributed by atoms with E-state index >= 15 is 0 Å². The zero-order valence-electron chi connectivity index (χ0n) is 18.9. The van der Waals surface area contributed by atoms with Gasteiger partial charge in [0.05, 0.1) is 12.1 Å². The zero-order valence-corrected chi connectivity index (χ0v) is 19.7. The quantitative estimate of drug-likeness (QED) is 0.387. The van der Waals surface area contributed by atoms with E-state index in [-0.39, 0.29) is 31.0 Å². The van der Waals surface area contributed by atoms with E-state index < -0.39 is 12.1 Å². The van der Waals surface area contributed by atoms with Gasteiger partial charge in [-0.05, 0) is 47.1 Å². The summed E-state index contributed by atoms with van der Waals surface area (Å²) in [5.74, 6) is -0.165. The van der Waals surface area contributed by atoms with Gasteiger partial charge in [-0.15, -0.1) is 12.4 Å². The first-order chi connectivity index (χ1) is 16.1. The highest BCUT2D eigenvalue weighted by Crippen LogP contribution is 2.42. The molecule has 0 fully saturated rings. The van der Waals surface area contributed by atoms with Gasteiger partial charge in [0, 0.05) is 6.54 Å². The minimum Gasteiger partial charge on any atom is -0.445 e. The summed E-state index contributed by atoms with van der Waals surface area (Å²) < 4.78 is 5.19. The number of carbonyl (C=O) groups is 2. The number of alkyl carbamates (subject to hydrolysis) is 1. The van der Waals surface area contributed by atoms with Crippen LogP contribution in [0.5, 0.6) is 0 Å². The molecule has 2 amide bonds. The Morgan fingerprint density at radius 1 is 0.853 bits per heavy atom. The second-order valence-electron chi connectivity index (χ2n) is 8.21. The van der Waals surface area contributed by atoms with Gasteiger partial charge in [-0.2, -0.15) is 0 Å². The summed E-state index contributed by atoms with van der Waals surface area (Å²) in [6, 6.07) is 25.0. The molecule has 0 saturated carbocycles. The van der Waals surface area contributed by atoms with Crippen LogP contribution in [0.3, 0.4) is 0 Å². The molecule has 3 aromatic rings. The lowest BCUT2D eigenvalue weighted by Gasteiger charge is -2.19. The topological polar surface area (TPSA) is 93.4 Å². The summed E-state index contributed by atoms with van der Waals surface area (Å²) in [4.78, 5) is 24.6. The maximum absolute atomic E-state index is 12.8. The second kappa shape index (κ2) is 12.2. The highest BCUT2D eigenvalue weighted by atomic mass is 35.5. The van der Waals surface area contributed by atoms with Crippen molar-refractivity contribution in [3.63, 3.8) is 0 Å². The minimum atomic E-state index is -0.602. The predicted molar refractivity (Wildman–Crippen MR) is 136 cm³/mol. The van der Waals surface area contributed by atoms with Gasteiger partial charge in [-0.1, -0.05) is 78.9 Å². The Morgan fingerprint density at radius 3 is 2.09 bits per heavy atom. The number of halogens is 1. The van der Waals surface area contributed by atoms with Gasteiger partial charge in [0.25, 0.3) is 0 Å². The van der Waals surface area contributed by atoms with Gasteiger partial charge < -0.3 is 21.1 Å². The lowest BCUT2D eigenvalue weighted by molar-refractivity contribution is -0.123. The third kappa shape index (κ3) is 6.16. The van der Waals surface area contributed by atoms with E-state index in [1.807, 2.05) is 66.7 Å². The normalized spacial score (nSPS) is 12.6. The Kier molecular flexibility index (Phi) is 9.08. The Bertz CT molecular complexity index is 1060. The number of carbonyl (C=O) groups excluding carboxylic acids is 2. The van der Waals surface area contributed by atoms with Crippen molar-refractivity contribution in [2.75, 3.05) is 6.54 Å². The molecule has 0 aliphatic heterocycles. The van der Waals surface area contributed by atoms with Gasteiger partial charge in [0.15, 0.2) is 0 Å². The van der Waals surface area contributed by atoms with Crippen LogP contribution in [0.4, 0.5) is 4.79 Å². The van der Waals surface area contributed by atoms with Crippen molar-refractivity contribution in [1.29, 1.82) is 0 Å². The average Bonchev–Trinajstić information content (AvgIpc) is 3.17. The largest absolute Gasteiger partial charge is 0.445 e. The standard InChI is InChI=1S/C27H29N3O3.ClH/c28-24(16-8-9-17-29-27(32)33-18-19-10-2-1-3-11-19)26(31)30-25-22-14-6-4-12-20(22)21-13-5-7-15-23(21)25;/h1-7,10-15,24-25H,8-9,16-18,28H2,(H,29,32)(H,30,31);1H/t24-;/m0./s1.